The van der Waals surface area contributed by atoms with Crippen molar-refractivity contribution in [3.8, 4) is 16.9 Å². The van der Waals surface area contributed by atoms with Crippen molar-refractivity contribution in [3.63, 3.8) is 0 Å². The third-order valence-electron chi connectivity index (χ3n) is 5.10. The Morgan fingerprint density at radius 3 is 1.70 bits per heavy atom. The van der Waals surface area contributed by atoms with Gasteiger partial charge in [-0.05, 0) is 54.4 Å². The largest absolute Gasteiger partial charge is 0.534 e. The molecule has 0 aliphatic heterocycles. The molecule has 3 aromatic carbocycles. The number of esters is 3. The van der Waals surface area contributed by atoms with Crippen LogP contribution in [0.4, 0.5) is 17.6 Å². The number of hydrogen-bond acceptors (Lipinski definition) is 11. The molecule has 0 aliphatic rings. The van der Waals surface area contributed by atoms with Crippen molar-refractivity contribution >= 4 is 34.2 Å². The topological polar surface area (TPSA) is 156 Å². The van der Waals surface area contributed by atoms with Gasteiger partial charge in [0.25, 0.3) is 0 Å². The molecular weight excluding hydrogens is 608 g/mol. The number of benzene rings is 3. The summed E-state index contributed by atoms with van der Waals surface area (Å²) in [5.41, 5.74) is -3.95. The van der Waals surface area contributed by atoms with Crippen LogP contribution < -0.4 is 4.18 Å². The standard InChI is InChI=1S/C15H13FO2.C11H9F3O7S.CO2/c1-10-9-11(15(17)18-2)7-8-12(10)13-5-3-4-6-14(13)16;1-19-9(15)6-3-4-8(7(5-6)10(16)20-2)21-22(17,18)11(12,13)14;2-1-3/h3-9H,1-2H3;3-5H,1-2H3;. The maximum Gasteiger partial charge on any atom is 0.534 e. The Bertz CT molecular complexity index is 1610. The average molecular weight is 631 g/mol. The van der Waals surface area contributed by atoms with E-state index in [4.69, 9.17) is 9.59 Å². The predicted molar refractivity (Wildman–Crippen MR) is 138 cm³/mol. The Morgan fingerprint density at radius 1 is 0.744 bits per heavy atom. The van der Waals surface area contributed by atoms with Crippen molar-refractivity contribution in [3.05, 3.63) is 88.7 Å². The van der Waals surface area contributed by atoms with Gasteiger partial charge < -0.3 is 18.4 Å². The number of rotatable bonds is 6. The number of methoxy groups -OCH3 is 3. The molecule has 0 unspecified atom stereocenters. The normalized spacial score (nSPS) is 10.4. The van der Waals surface area contributed by atoms with Crippen LogP contribution in [0.1, 0.15) is 36.6 Å². The Balaban J connectivity index is 0.000000399. The molecule has 0 atom stereocenters. The van der Waals surface area contributed by atoms with Crippen LogP contribution in [0.2, 0.25) is 0 Å². The number of carbonyl (C=O) groups is 3. The minimum absolute atomic E-state index is 0.209. The zero-order valence-electron chi connectivity index (χ0n) is 22.7. The zero-order chi connectivity index (χ0) is 33.0. The number of alkyl halides is 3. The van der Waals surface area contributed by atoms with Crippen LogP contribution in [0, 0.1) is 12.7 Å². The lowest BCUT2D eigenvalue weighted by molar-refractivity contribution is -0.191. The Kier molecular flexibility index (Phi) is 13.2. The van der Waals surface area contributed by atoms with Gasteiger partial charge in [0, 0.05) is 5.56 Å². The summed E-state index contributed by atoms with van der Waals surface area (Å²) in [4.78, 5) is 50.5. The molecule has 0 N–H and O–H groups in total. The molecule has 0 saturated heterocycles. The fourth-order valence-electron chi connectivity index (χ4n) is 3.17. The van der Waals surface area contributed by atoms with Crippen molar-refractivity contribution in [2.24, 2.45) is 0 Å². The van der Waals surface area contributed by atoms with Crippen molar-refractivity contribution < 1.29 is 68.3 Å². The van der Waals surface area contributed by atoms with Crippen molar-refractivity contribution in [2.45, 2.75) is 12.4 Å². The fourth-order valence-corrected chi connectivity index (χ4v) is 3.65. The van der Waals surface area contributed by atoms with Gasteiger partial charge in [0.15, 0.2) is 5.75 Å². The molecule has 11 nitrogen and oxygen atoms in total. The van der Waals surface area contributed by atoms with Gasteiger partial charge in [-0.3, -0.25) is 0 Å². The Labute approximate surface area is 242 Å². The Morgan fingerprint density at radius 2 is 1.23 bits per heavy atom. The molecule has 16 heteroatoms. The summed E-state index contributed by atoms with van der Waals surface area (Å²) < 4.78 is 89.7. The molecular formula is C27H22F4O11S. The van der Waals surface area contributed by atoms with Gasteiger partial charge in [-0.2, -0.15) is 31.2 Å². The quantitative estimate of drug-likeness (QED) is 0.124. The average Bonchev–Trinajstić information content (AvgIpc) is 2.96. The summed E-state index contributed by atoms with van der Waals surface area (Å²) in [6, 6.07) is 14.1. The third kappa shape index (κ3) is 9.76. The molecule has 0 saturated carbocycles. The molecule has 0 aromatic heterocycles. The van der Waals surface area contributed by atoms with Crippen LogP contribution in [0.3, 0.4) is 0 Å². The summed E-state index contributed by atoms with van der Waals surface area (Å²) in [6.45, 7) is 1.84. The van der Waals surface area contributed by atoms with Crippen molar-refractivity contribution in [1.82, 2.24) is 0 Å². The summed E-state index contributed by atoms with van der Waals surface area (Å²) in [7, 11) is -2.69. The van der Waals surface area contributed by atoms with Gasteiger partial charge >= 0.3 is 39.7 Å². The lowest BCUT2D eigenvalue weighted by Crippen LogP contribution is -2.28. The van der Waals surface area contributed by atoms with Crippen LogP contribution in [0.25, 0.3) is 11.1 Å². The van der Waals surface area contributed by atoms with Gasteiger partial charge in [0.05, 0.1) is 32.5 Å². The first-order valence-corrected chi connectivity index (χ1v) is 12.7. The molecule has 0 heterocycles. The molecule has 0 amide bonds. The van der Waals surface area contributed by atoms with E-state index in [0.29, 0.717) is 17.2 Å². The third-order valence-corrected chi connectivity index (χ3v) is 6.07. The van der Waals surface area contributed by atoms with Crippen LogP contribution in [-0.2, 0) is 33.9 Å². The molecule has 3 rings (SSSR count). The predicted octanol–water partition coefficient (Wildman–Crippen LogP) is 4.49. The number of ether oxygens (including phenoxy) is 3. The minimum Gasteiger partial charge on any atom is -0.465 e. The molecule has 0 aliphatic carbocycles. The second kappa shape index (κ2) is 15.8. The van der Waals surface area contributed by atoms with E-state index in [0.717, 1.165) is 37.5 Å². The molecule has 230 valence electrons. The van der Waals surface area contributed by atoms with E-state index in [2.05, 4.69) is 18.4 Å². The van der Waals surface area contributed by atoms with Gasteiger partial charge in [-0.15, -0.1) is 0 Å². The highest BCUT2D eigenvalue weighted by molar-refractivity contribution is 7.88. The molecule has 0 spiro atoms. The maximum absolute atomic E-state index is 13.7. The highest BCUT2D eigenvalue weighted by Crippen LogP contribution is 2.30. The highest BCUT2D eigenvalue weighted by atomic mass is 32.2. The lowest BCUT2D eigenvalue weighted by Gasteiger charge is -2.12. The second-order valence-corrected chi connectivity index (χ2v) is 9.30. The molecule has 0 fully saturated rings. The van der Waals surface area contributed by atoms with Crippen molar-refractivity contribution in [2.75, 3.05) is 21.3 Å². The van der Waals surface area contributed by atoms with Crippen LogP contribution >= 0.6 is 0 Å². The number of halogens is 4. The monoisotopic (exact) mass is 630 g/mol. The van der Waals surface area contributed by atoms with E-state index >= 15 is 0 Å². The number of hydrogen-bond donors (Lipinski definition) is 0. The summed E-state index contributed by atoms with van der Waals surface area (Å²) >= 11 is 0. The Hall–Kier alpha value is -5.08. The van der Waals surface area contributed by atoms with Gasteiger partial charge in [0.1, 0.15) is 11.4 Å². The first-order chi connectivity index (χ1) is 20.1. The molecule has 43 heavy (non-hydrogen) atoms. The number of aryl methyl sites for hydroxylation is 1. The number of carbonyl (C=O) groups excluding carboxylic acids is 5. The maximum atomic E-state index is 13.7. The molecule has 3 aromatic rings. The zero-order valence-corrected chi connectivity index (χ0v) is 23.5. The SMILES string of the molecule is COC(=O)c1ccc(-c2ccccc2F)c(C)c1.COC(=O)c1ccc(OS(=O)(=O)C(F)(F)F)c(C(=O)OC)c1.O=C=O. The van der Waals surface area contributed by atoms with Crippen LogP contribution in [0.15, 0.2) is 60.7 Å². The minimum atomic E-state index is -5.98. The van der Waals surface area contributed by atoms with E-state index in [1.54, 1.807) is 36.4 Å². The summed E-state index contributed by atoms with van der Waals surface area (Å²) in [5.74, 6) is -3.69. The molecule has 0 bridgehead atoms. The molecule has 0 radical (unpaired) electrons. The second-order valence-electron chi connectivity index (χ2n) is 7.76. The lowest BCUT2D eigenvalue weighted by atomic mass is 9.98. The highest BCUT2D eigenvalue weighted by Gasteiger charge is 2.49. The van der Waals surface area contributed by atoms with E-state index in [1.165, 1.54) is 13.2 Å². The van der Waals surface area contributed by atoms with Gasteiger partial charge in [-0.25, -0.2) is 18.8 Å². The van der Waals surface area contributed by atoms with Gasteiger partial charge in [-0.1, -0.05) is 24.3 Å². The van der Waals surface area contributed by atoms with E-state index < -0.39 is 44.8 Å². The fraction of sp³-hybridized carbons (Fsp3) is 0.185. The van der Waals surface area contributed by atoms with Gasteiger partial charge in [0.2, 0.25) is 0 Å². The van der Waals surface area contributed by atoms with Crippen LogP contribution in [0.5, 0.6) is 5.75 Å². The van der Waals surface area contributed by atoms with E-state index in [9.17, 15) is 40.4 Å². The van der Waals surface area contributed by atoms with Crippen LogP contribution in [-0.4, -0.2) is 59.3 Å². The van der Waals surface area contributed by atoms with E-state index in [-0.39, 0.29) is 17.5 Å². The summed E-state index contributed by atoms with van der Waals surface area (Å²) in [5, 5.41) is 0. The first-order valence-electron chi connectivity index (χ1n) is 11.3. The van der Waals surface area contributed by atoms with Crippen molar-refractivity contribution in [1.29, 1.82) is 0 Å². The van der Waals surface area contributed by atoms with E-state index in [1.807, 2.05) is 6.92 Å². The first kappa shape index (κ1) is 35.9. The smallest absolute Gasteiger partial charge is 0.465 e. The summed E-state index contributed by atoms with van der Waals surface area (Å²) in [6.07, 6.45) is 0.250.